The van der Waals surface area contributed by atoms with Crippen LogP contribution in [0.5, 0.6) is 5.75 Å². The quantitative estimate of drug-likeness (QED) is 0.125. The Labute approximate surface area is 227 Å². The Hall–Kier alpha value is -0.980. The fraction of sp³-hybridized carbons (Fsp3) is 0.829. The van der Waals surface area contributed by atoms with E-state index in [0.717, 1.165) is 0 Å². The molecule has 0 bridgehead atoms. The SMILES string of the molecule is CCCCCCCCCCCCC(CCCC)(CCCCCCCCCCCC)c1ccccc1O. The number of phenolic OH excluding ortho intramolecular Hbond substituents is 1. The number of phenols is 1. The zero-order valence-corrected chi connectivity index (χ0v) is 24.9. The van der Waals surface area contributed by atoms with E-state index in [1.807, 2.05) is 12.1 Å². The van der Waals surface area contributed by atoms with Gasteiger partial charge in [-0.1, -0.05) is 180 Å². The van der Waals surface area contributed by atoms with Gasteiger partial charge in [-0.05, 0) is 30.7 Å². The highest BCUT2D eigenvalue weighted by Crippen LogP contribution is 2.44. The molecule has 0 fully saturated rings. The zero-order valence-electron chi connectivity index (χ0n) is 24.9. The predicted octanol–water partition coefficient (Wildman–Crippen LogP) is 12.4. The Morgan fingerprint density at radius 2 is 0.778 bits per heavy atom. The largest absolute Gasteiger partial charge is 0.508 e. The molecule has 210 valence electrons. The van der Waals surface area contributed by atoms with Crippen molar-refractivity contribution >= 4 is 0 Å². The standard InChI is InChI=1S/C35H64O/c1-4-7-10-12-14-16-18-20-22-26-31-35(30-9-6-3,33-28-24-25-29-34(33)36)32-27-23-21-19-17-15-13-11-8-5-2/h24-25,28-29,36H,4-23,26-27,30-32H2,1-3H3. The van der Waals surface area contributed by atoms with E-state index < -0.39 is 0 Å². The van der Waals surface area contributed by atoms with Gasteiger partial charge < -0.3 is 5.11 Å². The number of aromatic hydroxyl groups is 1. The normalized spacial score (nSPS) is 11.9. The molecule has 0 unspecified atom stereocenters. The maximum absolute atomic E-state index is 10.9. The first-order valence-corrected chi connectivity index (χ1v) is 16.5. The van der Waals surface area contributed by atoms with Crippen LogP contribution in [-0.4, -0.2) is 5.11 Å². The van der Waals surface area contributed by atoms with Crippen molar-refractivity contribution in [1.82, 2.24) is 0 Å². The Kier molecular flexibility index (Phi) is 21.3. The van der Waals surface area contributed by atoms with Gasteiger partial charge in [-0.15, -0.1) is 0 Å². The second kappa shape index (κ2) is 23.2. The van der Waals surface area contributed by atoms with E-state index in [9.17, 15) is 5.11 Å². The molecule has 0 spiro atoms. The van der Waals surface area contributed by atoms with E-state index in [4.69, 9.17) is 0 Å². The molecule has 1 nitrogen and oxygen atoms in total. The van der Waals surface area contributed by atoms with Crippen molar-refractivity contribution in [3.63, 3.8) is 0 Å². The lowest BCUT2D eigenvalue weighted by molar-refractivity contribution is 0.291. The molecule has 0 saturated carbocycles. The van der Waals surface area contributed by atoms with Crippen LogP contribution in [0.4, 0.5) is 0 Å². The van der Waals surface area contributed by atoms with Crippen LogP contribution in [0.2, 0.25) is 0 Å². The van der Waals surface area contributed by atoms with Crippen molar-refractivity contribution in [3.05, 3.63) is 29.8 Å². The van der Waals surface area contributed by atoms with Crippen LogP contribution in [0.3, 0.4) is 0 Å². The maximum atomic E-state index is 10.9. The molecule has 0 radical (unpaired) electrons. The average molecular weight is 501 g/mol. The highest BCUT2D eigenvalue weighted by molar-refractivity contribution is 5.38. The van der Waals surface area contributed by atoms with E-state index in [1.54, 1.807) is 0 Å². The van der Waals surface area contributed by atoms with Crippen LogP contribution in [-0.2, 0) is 5.41 Å². The average Bonchev–Trinajstić information content (AvgIpc) is 2.89. The molecule has 36 heavy (non-hydrogen) atoms. The van der Waals surface area contributed by atoms with Gasteiger partial charge in [0.1, 0.15) is 5.75 Å². The third kappa shape index (κ3) is 15.3. The van der Waals surface area contributed by atoms with Gasteiger partial charge in [0.15, 0.2) is 0 Å². The number of unbranched alkanes of at least 4 members (excludes halogenated alkanes) is 19. The lowest BCUT2D eigenvalue weighted by atomic mass is 9.69. The van der Waals surface area contributed by atoms with Gasteiger partial charge in [-0.2, -0.15) is 0 Å². The summed E-state index contributed by atoms with van der Waals surface area (Å²) in [7, 11) is 0. The highest BCUT2D eigenvalue weighted by Gasteiger charge is 2.32. The summed E-state index contributed by atoms with van der Waals surface area (Å²) in [6, 6.07) is 8.29. The summed E-state index contributed by atoms with van der Waals surface area (Å²) in [6.45, 7) is 6.91. The smallest absolute Gasteiger partial charge is 0.119 e. The molecule has 0 aromatic heterocycles. The van der Waals surface area contributed by atoms with Gasteiger partial charge in [0.2, 0.25) is 0 Å². The van der Waals surface area contributed by atoms with Gasteiger partial charge in [-0.25, -0.2) is 0 Å². The molecular formula is C35H64O. The monoisotopic (exact) mass is 500 g/mol. The third-order valence-corrected chi connectivity index (χ3v) is 8.50. The van der Waals surface area contributed by atoms with Gasteiger partial charge in [0.05, 0.1) is 0 Å². The Morgan fingerprint density at radius 3 is 1.17 bits per heavy atom. The summed E-state index contributed by atoms with van der Waals surface area (Å²) in [5.41, 5.74) is 1.41. The lowest BCUT2D eigenvalue weighted by Crippen LogP contribution is -2.27. The van der Waals surface area contributed by atoms with Crippen molar-refractivity contribution in [3.8, 4) is 5.75 Å². The second-order valence-electron chi connectivity index (χ2n) is 11.8. The summed E-state index contributed by atoms with van der Waals surface area (Å²) in [4.78, 5) is 0. The predicted molar refractivity (Wildman–Crippen MR) is 162 cm³/mol. The number of rotatable bonds is 26. The Bertz CT molecular complexity index is 568. The van der Waals surface area contributed by atoms with E-state index in [-0.39, 0.29) is 5.41 Å². The van der Waals surface area contributed by atoms with E-state index in [1.165, 1.54) is 166 Å². The van der Waals surface area contributed by atoms with Gasteiger partial charge in [0, 0.05) is 5.56 Å². The molecule has 0 aliphatic carbocycles. The number of para-hydroxylation sites is 1. The minimum Gasteiger partial charge on any atom is -0.508 e. The molecule has 1 aromatic rings. The van der Waals surface area contributed by atoms with Crippen molar-refractivity contribution in [2.45, 2.75) is 187 Å². The zero-order chi connectivity index (χ0) is 26.2. The molecule has 1 N–H and O–H groups in total. The van der Waals surface area contributed by atoms with Crippen LogP contribution in [0.1, 0.15) is 187 Å². The molecule has 0 atom stereocenters. The first-order chi connectivity index (χ1) is 17.7. The van der Waals surface area contributed by atoms with Crippen molar-refractivity contribution in [2.24, 2.45) is 0 Å². The minimum atomic E-state index is 0.168. The molecular weight excluding hydrogens is 436 g/mol. The molecule has 0 heterocycles. The first-order valence-electron chi connectivity index (χ1n) is 16.5. The molecule has 0 saturated heterocycles. The van der Waals surface area contributed by atoms with Crippen LogP contribution < -0.4 is 0 Å². The molecule has 0 amide bonds. The van der Waals surface area contributed by atoms with Gasteiger partial charge in [0.25, 0.3) is 0 Å². The summed E-state index contributed by atoms with van der Waals surface area (Å²) < 4.78 is 0. The number of hydrogen-bond donors (Lipinski definition) is 1. The molecule has 1 rings (SSSR count). The van der Waals surface area contributed by atoms with Gasteiger partial charge >= 0.3 is 0 Å². The highest BCUT2D eigenvalue weighted by atomic mass is 16.3. The molecule has 0 aliphatic rings. The van der Waals surface area contributed by atoms with Crippen molar-refractivity contribution in [2.75, 3.05) is 0 Å². The van der Waals surface area contributed by atoms with E-state index >= 15 is 0 Å². The maximum Gasteiger partial charge on any atom is 0.119 e. The second-order valence-corrected chi connectivity index (χ2v) is 11.8. The first kappa shape index (κ1) is 33.0. The lowest BCUT2D eigenvalue weighted by Gasteiger charge is -2.36. The Morgan fingerprint density at radius 1 is 0.444 bits per heavy atom. The van der Waals surface area contributed by atoms with E-state index in [2.05, 4.69) is 32.9 Å². The van der Waals surface area contributed by atoms with Crippen molar-refractivity contribution < 1.29 is 5.11 Å². The third-order valence-electron chi connectivity index (χ3n) is 8.50. The molecule has 1 heteroatoms. The number of hydrogen-bond acceptors (Lipinski definition) is 1. The van der Waals surface area contributed by atoms with Crippen LogP contribution in [0, 0.1) is 0 Å². The number of benzene rings is 1. The summed E-state index contributed by atoms with van der Waals surface area (Å²) >= 11 is 0. The fourth-order valence-corrected chi connectivity index (χ4v) is 6.12. The molecule has 0 aliphatic heterocycles. The molecule has 1 aromatic carbocycles. The van der Waals surface area contributed by atoms with Crippen molar-refractivity contribution in [1.29, 1.82) is 0 Å². The fourth-order valence-electron chi connectivity index (χ4n) is 6.12. The van der Waals surface area contributed by atoms with Crippen LogP contribution in [0.15, 0.2) is 24.3 Å². The topological polar surface area (TPSA) is 20.2 Å². The summed E-state index contributed by atoms with van der Waals surface area (Å²) in [5.74, 6) is 0.535. The Balaban J connectivity index is 2.52. The van der Waals surface area contributed by atoms with Gasteiger partial charge in [-0.3, -0.25) is 0 Å². The van der Waals surface area contributed by atoms with Crippen LogP contribution in [0.25, 0.3) is 0 Å². The summed E-state index contributed by atoms with van der Waals surface area (Å²) in [6.07, 6.45) is 34.1. The summed E-state index contributed by atoms with van der Waals surface area (Å²) in [5, 5.41) is 10.9. The minimum absolute atomic E-state index is 0.168. The van der Waals surface area contributed by atoms with Crippen LogP contribution >= 0.6 is 0 Å². The van der Waals surface area contributed by atoms with E-state index in [0.29, 0.717) is 5.75 Å².